The van der Waals surface area contributed by atoms with Gasteiger partial charge in [0.2, 0.25) is 0 Å². The smallest absolute Gasteiger partial charge is 0.135 e. The molecule has 0 saturated heterocycles. The molecule has 3 nitrogen and oxygen atoms in total. The van der Waals surface area contributed by atoms with Crippen LogP contribution in [0.5, 0.6) is 0 Å². The summed E-state index contributed by atoms with van der Waals surface area (Å²) in [5.74, 6) is 0.537. The van der Waals surface area contributed by atoms with Gasteiger partial charge in [-0.3, -0.25) is 4.99 Å². The van der Waals surface area contributed by atoms with Gasteiger partial charge >= 0.3 is 0 Å². The quantitative estimate of drug-likeness (QED) is 0.612. The van der Waals surface area contributed by atoms with Gasteiger partial charge in [-0.25, -0.2) is 4.98 Å². The topological polar surface area (TPSA) is 51.3 Å². The Balaban J connectivity index is 2.98. The van der Waals surface area contributed by atoms with Crippen molar-refractivity contribution in [3.8, 4) is 0 Å². The van der Waals surface area contributed by atoms with Crippen molar-refractivity contribution in [2.75, 3.05) is 5.73 Å². The molecule has 0 saturated carbocycles. The maximum Gasteiger partial charge on any atom is 0.135 e. The molecule has 0 bridgehead atoms. The minimum absolute atomic E-state index is 0.537. The monoisotopic (exact) mass is 207 g/mol. The van der Waals surface area contributed by atoms with Gasteiger partial charge in [0, 0.05) is 22.9 Å². The number of hydrogen-bond donors (Lipinski definition) is 1. The lowest BCUT2D eigenvalue weighted by molar-refractivity contribution is 1.37. The molecule has 2 N–H and O–H groups in total. The summed E-state index contributed by atoms with van der Waals surface area (Å²) in [6.45, 7) is 7.59. The van der Waals surface area contributed by atoms with Crippen LogP contribution in [0.15, 0.2) is 29.2 Å². The lowest BCUT2D eigenvalue weighted by Crippen LogP contribution is -1.85. The van der Waals surface area contributed by atoms with Crippen molar-refractivity contribution in [1.82, 2.24) is 4.98 Å². The maximum atomic E-state index is 5.53. The average Bonchev–Trinajstić information content (AvgIpc) is 2.53. The van der Waals surface area contributed by atoms with Crippen LogP contribution in [-0.2, 0) is 0 Å². The van der Waals surface area contributed by atoms with Crippen LogP contribution in [-0.4, -0.2) is 10.7 Å². The molecule has 1 rings (SSSR count). The van der Waals surface area contributed by atoms with Crippen molar-refractivity contribution in [3.05, 3.63) is 29.2 Å². The summed E-state index contributed by atoms with van der Waals surface area (Å²) < 4.78 is 0. The molecule has 74 valence electrons. The number of nitrogens with two attached hydrogens (primary N) is 1. The number of nitrogen functional groups attached to an aromatic ring is 1. The third-order valence-corrected chi connectivity index (χ3v) is 2.36. The molecule has 0 amide bonds. The van der Waals surface area contributed by atoms with E-state index in [9.17, 15) is 0 Å². The molecule has 0 aliphatic heterocycles. The summed E-state index contributed by atoms with van der Waals surface area (Å²) in [7, 11) is 0. The van der Waals surface area contributed by atoms with Gasteiger partial charge in [0.15, 0.2) is 0 Å². The largest absolute Gasteiger partial charge is 0.383 e. The van der Waals surface area contributed by atoms with Crippen molar-refractivity contribution in [3.63, 3.8) is 0 Å². The molecule has 0 spiro atoms. The summed E-state index contributed by atoms with van der Waals surface area (Å²) in [5, 5.41) is 2.65. The first-order chi connectivity index (χ1) is 6.63. The summed E-state index contributed by atoms with van der Waals surface area (Å²) in [6, 6.07) is 0. The van der Waals surface area contributed by atoms with Crippen LogP contribution < -0.4 is 5.73 Å². The van der Waals surface area contributed by atoms with Gasteiger partial charge < -0.3 is 5.73 Å². The number of allylic oxidation sites excluding steroid dienone is 2. The minimum atomic E-state index is 0.537. The molecule has 1 heterocycles. The molecule has 0 unspecified atom stereocenters. The fourth-order valence-electron chi connectivity index (χ4n) is 0.813. The zero-order valence-corrected chi connectivity index (χ0v) is 9.14. The van der Waals surface area contributed by atoms with Gasteiger partial charge in [0.05, 0.1) is 0 Å². The van der Waals surface area contributed by atoms with Gasteiger partial charge in [0.1, 0.15) is 10.8 Å². The van der Waals surface area contributed by atoms with E-state index in [0.717, 1.165) is 16.3 Å². The lowest BCUT2D eigenvalue weighted by atomic mass is 10.3. The van der Waals surface area contributed by atoms with Crippen molar-refractivity contribution < 1.29 is 0 Å². The van der Waals surface area contributed by atoms with E-state index in [2.05, 4.69) is 16.6 Å². The standard InChI is InChI=1S/C10H13N3S/c1-4-8(5-12-7(2)3)10-13-9(11)6-14-10/h4-6H,1,11H2,2-3H3/b8-5+. The van der Waals surface area contributed by atoms with E-state index in [-0.39, 0.29) is 0 Å². The Kier molecular flexibility index (Phi) is 3.59. The fourth-order valence-corrected chi connectivity index (χ4v) is 1.53. The second kappa shape index (κ2) is 4.72. The molecule has 0 aliphatic rings. The number of rotatable bonds is 3. The highest BCUT2D eigenvalue weighted by molar-refractivity contribution is 7.11. The van der Waals surface area contributed by atoms with Gasteiger partial charge in [0.25, 0.3) is 0 Å². The number of nitrogens with zero attached hydrogens (tertiary/aromatic N) is 2. The molecule has 0 atom stereocenters. The Morgan fingerprint density at radius 2 is 2.36 bits per heavy atom. The molecule has 4 heteroatoms. The van der Waals surface area contributed by atoms with Gasteiger partial charge in [-0.05, 0) is 13.8 Å². The number of thiazole rings is 1. The molecule has 0 aromatic carbocycles. The Labute approximate surface area is 87.7 Å². The second-order valence-electron chi connectivity index (χ2n) is 2.94. The highest BCUT2D eigenvalue weighted by atomic mass is 32.1. The lowest BCUT2D eigenvalue weighted by Gasteiger charge is -1.93. The third kappa shape index (κ3) is 2.81. The highest BCUT2D eigenvalue weighted by Gasteiger charge is 2.01. The number of aliphatic imine (C=N–C) groups is 1. The van der Waals surface area contributed by atoms with Gasteiger partial charge in [-0.1, -0.05) is 12.7 Å². The molecule has 14 heavy (non-hydrogen) atoms. The number of aromatic nitrogens is 1. The summed E-state index contributed by atoms with van der Waals surface area (Å²) in [5.41, 5.74) is 7.42. The summed E-state index contributed by atoms with van der Waals surface area (Å²) in [6.07, 6.45) is 3.48. The third-order valence-electron chi connectivity index (χ3n) is 1.45. The van der Waals surface area contributed by atoms with Gasteiger partial charge in [-0.2, -0.15) is 0 Å². The number of hydrogen-bond acceptors (Lipinski definition) is 4. The van der Waals surface area contributed by atoms with Crippen molar-refractivity contribution in [2.45, 2.75) is 13.8 Å². The van der Waals surface area contributed by atoms with Crippen LogP contribution in [0.1, 0.15) is 18.9 Å². The normalized spacial score (nSPS) is 11.1. The van der Waals surface area contributed by atoms with Crippen LogP contribution >= 0.6 is 11.3 Å². The SMILES string of the molecule is C=C/C(=C\N=C(C)C)c1nc(N)cs1. The Hall–Kier alpha value is -1.42. The first kappa shape index (κ1) is 10.7. The maximum absolute atomic E-state index is 5.53. The van der Waals surface area contributed by atoms with E-state index in [1.165, 1.54) is 11.3 Å². The molecular weight excluding hydrogens is 194 g/mol. The van der Waals surface area contributed by atoms with Crippen LogP contribution in [0.3, 0.4) is 0 Å². The summed E-state index contributed by atoms with van der Waals surface area (Å²) >= 11 is 1.49. The molecule has 0 fully saturated rings. The molecule has 1 aromatic rings. The predicted octanol–water partition coefficient (Wildman–Crippen LogP) is 2.73. The predicted molar refractivity (Wildman–Crippen MR) is 63.5 cm³/mol. The van der Waals surface area contributed by atoms with E-state index < -0.39 is 0 Å². The first-order valence-corrected chi connectivity index (χ1v) is 5.06. The Bertz CT molecular complexity index is 384. The van der Waals surface area contributed by atoms with E-state index in [1.807, 2.05) is 13.8 Å². The van der Waals surface area contributed by atoms with Crippen LogP contribution in [0.25, 0.3) is 5.57 Å². The number of anilines is 1. The molecule has 0 aliphatic carbocycles. The highest BCUT2D eigenvalue weighted by Crippen LogP contribution is 2.21. The zero-order chi connectivity index (χ0) is 10.6. The molecule has 0 radical (unpaired) electrons. The van der Waals surface area contributed by atoms with Crippen molar-refractivity contribution in [2.24, 2.45) is 4.99 Å². The second-order valence-corrected chi connectivity index (χ2v) is 3.80. The molecular formula is C10H13N3S. The minimum Gasteiger partial charge on any atom is -0.383 e. The van der Waals surface area contributed by atoms with E-state index in [4.69, 9.17) is 5.73 Å². The molecule has 1 aromatic heterocycles. The fraction of sp³-hybridized carbons (Fsp3) is 0.200. The van der Waals surface area contributed by atoms with Gasteiger partial charge in [-0.15, -0.1) is 11.3 Å². The zero-order valence-electron chi connectivity index (χ0n) is 8.32. The first-order valence-electron chi connectivity index (χ1n) is 4.18. The van der Waals surface area contributed by atoms with E-state index in [0.29, 0.717) is 5.82 Å². The van der Waals surface area contributed by atoms with Crippen molar-refractivity contribution in [1.29, 1.82) is 0 Å². The van der Waals surface area contributed by atoms with Crippen LogP contribution in [0, 0.1) is 0 Å². The van der Waals surface area contributed by atoms with E-state index in [1.54, 1.807) is 17.7 Å². The Morgan fingerprint density at radius 3 is 2.79 bits per heavy atom. The average molecular weight is 207 g/mol. The Morgan fingerprint density at radius 1 is 1.64 bits per heavy atom. The van der Waals surface area contributed by atoms with E-state index >= 15 is 0 Å². The van der Waals surface area contributed by atoms with Crippen LogP contribution in [0.4, 0.5) is 5.82 Å². The van der Waals surface area contributed by atoms with Crippen molar-refractivity contribution >= 4 is 28.4 Å². The summed E-state index contributed by atoms with van der Waals surface area (Å²) in [4.78, 5) is 8.34. The van der Waals surface area contributed by atoms with Crippen LogP contribution in [0.2, 0.25) is 0 Å².